The topological polar surface area (TPSA) is 87.1 Å². The Kier molecular flexibility index (Phi) is 6.09. The maximum absolute atomic E-state index is 12.0. The first kappa shape index (κ1) is 18.9. The highest BCUT2D eigenvalue weighted by atomic mass is 16.3. The molecule has 2 amide bonds. The Morgan fingerprint density at radius 3 is 2.52 bits per heavy atom. The Labute approximate surface area is 148 Å². The van der Waals surface area contributed by atoms with Crippen LogP contribution in [0.15, 0.2) is 36.5 Å². The molecule has 3 N–H and O–H groups in total. The standard InChI is InChI=1S/C19H26N4O2/c1-13-9-10-20-17(22-13)15-5-7-16(8-6-15)23-18(25)21-12-19(3,4)11-14(2)24/h5-10,14,24H,11-12H2,1-4H3,(H2,21,23,25). The van der Waals surface area contributed by atoms with Crippen LogP contribution in [0.1, 0.15) is 32.9 Å². The third-order valence-electron chi connectivity index (χ3n) is 3.77. The van der Waals surface area contributed by atoms with Crippen LogP contribution in [0, 0.1) is 12.3 Å². The van der Waals surface area contributed by atoms with E-state index in [1.54, 1.807) is 13.1 Å². The van der Waals surface area contributed by atoms with Gasteiger partial charge in [0.2, 0.25) is 0 Å². The highest BCUT2D eigenvalue weighted by Crippen LogP contribution is 2.21. The van der Waals surface area contributed by atoms with Gasteiger partial charge in [-0.25, -0.2) is 14.8 Å². The molecular formula is C19H26N4O2. The first-order valence-corrected chi connectivity index (χ1v) is 8.38. The Bertz CT molecular complexity index is 712. The molecule has 134 valence electrons. The number of nitrogens with one attached hydrogen (secondary N) is 2. The molecule has 6 nitrogen and oxygen atoms in total. The molecule has 0 bridgehead atoms. The number of anilines is 1. The van der Waals surface area contributed by atoms with Crippen LogP contribution in [0.3, 0.4) is 0 Å². The van der Waals surface area contributed by atoms with Gasteiger partial charge in [-0.05, 0) is 56.0 Å². The van der Waals surface area contributed by atoms with E-state index in [4.69, 9.17) is 0 Å². The molecule has 1 unspecified atom stereocenters. The lowest BCUT2D eigenvalue weighted by molar-refractivity contribution is 0.129. The van der Waals surface area contributed by atoms with Crippen molar-refractivity contribution < 1.29 is 9.90 Å². The molecule has 0 aliphatic heterocycles. The second-order valence-corrected chi connectivity index (χ2v) is 7.12. The number of urea groups is 1. The number of hydrogen-bond donors (Lipinski definition) is 3. The maximum Gasteiger partial charge on any atom is 0.319 e. The lowest BCUT2D eigenvalue weighted by Crippen LogP contribution is -2.38. The van der Waals surface area contributed by atoms with Crippen LogP contribution in [-0.2, 0) is 0 Å². The molecule has 0 aliphatic carbocycles. The number of rotatable bonds is 6. The summed E-state index contributed by atoms with van der Waals surface area (Å²) in [5.41, 5.74) is 2.33. The second kappa shape index (κ2) is 8.07. The number of aliphatic hydroxyl groups excluding tert-OH is 1. The van der Waals surface area contributed by atoms with Gasteiger partial charge in [0.25, 0.3) is 0 Å². The highest BCUT2D eigenvalue weighted by molar-refractivity contribution is 5.89. The SMILES string of the molecule is Cc1ccnc(-c2ccc(NC(=O)NCC(C)(C)CC(C)O)cc2)n1. The van der Waals surface area contributed by atoms with Gasteiger partial charge in [0.1, 0.15) is 0 Å². The van der Waals surface area contributed by atoms with Crippen LogP contribution in [-0.4, -0.2) is 33.8 Å². The van der Waals surface area contributed by atoms with Gasteiger partial charge in [-0.3, -0.25) is 0 Å². The van der Waals surface area contributed by atoms with E-state index in [2.05, 4.69) is 20.6 Å². The fourth-order valence-electron chi connectivity index (χ4n) is 2.66. The molecule has 25 heavy (non-hydrogen) atoms. The Hall–Kier alpha value is -2.47. The van der Waals surface area contributed by atoms with Crippen molar-refractivity contribution in [3.8, 4) is 11.4 Å². The van der Waals surface area contributed by atoms with Crippen molar-refractivity contribution in [3.63, 3.8) is 0 Å². The fourth-order valence-corrected chi connectivity index (χ4v) is 2.66. The van der Waals surface area contributed by atoms with Gasteiger partial charge in [-0.15, -0.1) is 0 Å². The van der Waals surface area contributed by atoms with E-state index in [0.717, 1.165) is 11.3 Å². The molecule has 0 spiro atoms. The van der Waals surface area contributed by atoms with Crippen molar-refractivity contribution in [2.45, 2.75) is 40.2 Å². The Morgan fingerprint density at radius 1 is 1.24 bits per heavy atom. The second-order valence-electron chi connectivity index (χ2n) is 7.12. The number of aryl methyl sites for hydroxylation is 1. The summed E-state index contributed by atoms with van der Waals surface area (Å²) in [6, 6.07) is 8.98. The minimum absolute atomic E-state index is 0.169. The minimum atomic E-state index is -0.392. The molecule has 6 heteroatoms. The quantitative estimate of drug-likeness (QED) is 0.751. The molecule has 0 saturated carbocycles. The largest absolute Gasteiger partial charge is 0.393 e. The van der Waals surface area contributed by atoms with Crippen LogP contribution in [0.4, 0.5) is 10.5 Å². The van der Waals surface area contributed by atoms with Crippen molar-refractivity contribution in [1.82, 2.24) is 15.3 Å². The predicted molar refractivity (Wildman–Crippen MR) is 99.3 cm³/mol. The first-order valence-electron chi connectivity index (χ1n) is 8.38. The van der Waals surface area contributed by atoms with Crippen molar-refractivity contribution >= 4 is 11.7 Å². The highest BCUT2D eigenvalue weighted by Gasteiger charge is 2.21. The van der Waals surface area contributed by atoms with Crippen LogP contribution in [0.5, 0.6) is 0 Å². The summed E-state index contributed by atoms with van der Waals surface area (Å²) in [5.74, 6) is 0.663. The van der Waals surface area contributed by atoms with E-state index in [9.17, 15) is 9.90 Å². The smallest absolute Gasteiger partial charge is 0.319 e. The number of amides is 2. The number of carbonyl (C=O) groups is 1. The van der Waals surface area contributed by atoms with E-state index in [1.165, 1.54) is 0 Å². The molecule has 2 aromatic rings. The Morgan fingerprint density at radius 2 is 1.92 bits per heavy atom. The van der Waals surface area contributed by atoms with Gasteiger partial charge in [0.15, 0.2) is 5.82 Å². The summed E-state index contributed by atoms with van der Waals surface area (Å²) >= 11 is 0. The van der Waals surface area contributed by atoms with Crippen LogP contribution in [0.2, 0.25) is 0 Å². The number of nitrogens with zero attached hydrogens (tertiary/aromatic N) is 2. The van der Waals surface area contributed by atoms with Crippen molar-refractivity contribution in [1.29, 1.82) is 0 Å². The summed E-state index contributed by atoms with van der Waals surface area (Å²) < 4.78 is 0. The molecule has 0 saturated heterocycles. The lowest BCUT2D eigenvalue weighted by atomic mass is 9.87. The monoisotopic (exact) mass is 342 g/mol. The maximum atomic E-state index is 12.0. The van der Waals surface area contributed by atoms with E-state index in [0.29, 0.717) is 24.5 Å². The summed E-state index contributed by atoms with van der Waals surface area (Å²) in [5, 5.41) is 15.1. The van der Waals surface area contributed by atoms with Gasteiger partial charge in [0.05, 0.1) is 6.10 Å². The summed E-state index contributed by atoms with van der Waals surface area (Å²) in [6.45, 7) is 8.18. The van der Waals surface area contributed by atoms with E-state index >= 15 is 0 Å². The van der Waals surface area contributed by atoms with Crippen molar-refractivity contribution in [2.24, 2.45) is 5.41 Å². The molecule has 1 atom stereocenters. The van der Waals surface area contributed by atoms with Gasteiger partial charge in [-0.2, -0.15) is 0 Å². The minimum Gasteiger partial charge on any atom is -0.393 e. The molecule has 1 aromatic carbocycles. The van der Waals surface area contributed by atoms with Gasteiger partial charge >= 0.3 is 6.03 Å². The van der Waals surface area contributed by atoms with Crippen LogP contribution >= 0.6 is 0 Å². The zero-order valence-corrected chi connectivity index (χ0v) is 15.2. The summed E-state index contributed by atoms with van der Waals surface area (Å²) in [7, 11) is 0. The van der Waals surface area contributed by atoms with Crippen molar-refractivity contribution in [3.05, 3.63) is 42.2 Å². The fraction of sp³-hybridized carbons (Fsp3) is 0.421. The Balaban J connectivity index is 1.91. The van der Waals surface area contributed by atoms with Crippen LogP contribution in [0.25, 0.3) is 11.4 Å². The molecule has 0 fully saturated rings. The number of aromatic nitrogens is 2. The van der Waals surface area contributed by atoms with Gasteiger partial charge < -0.3 is 15.7 Å². The van der Waals surface area contributed by atoms with Crippen molar-refractivity contribution in [2.75, 3.05) is 11.9 Å². The molecule has 2 rings (SSSR count). The zero-order valence-electron chi connectivity index (χ0n) is 15.2. The van der Waals surface area contributed by atoms with E-state index < -0.39 is 6.10 Å². The van der Waals surface area contributed by atoms with Crippen LogP contribution < -0.4 is 10.6 Å². The number of aliphatic hydroxyl groups is 1. The van der Waals surface area contributed by atoms with Gasteiger partial charge in [-0.1, -0.05) is 13.8 Å². The average molecular weight is 342 g/mol. The normalized spacial score (nSPS) is 12.5. The average Bonchev–Trinajstić information content (AvgIpc) is 2.53. The third-order valence-corrected chi connectivity index (χ3v) is 3.77. The number of hydrogen-bond acceptors (Lipinski definition) is 4. The zero-order chi connectivity index (χ0) is 18.4. The first-order chi connectivity index (χ1) is 11.7. The number of carbonyl (C=O) groups excluding carboxylic acids is 1. The molecule has 0 aliphatic rings. The lowest BCUT2D eigenvalue weighted by Gasteiger charge is -2.26. The molecule has 1 aromatic heterocycles. The predicted octanol–water partition coefficient (Wildman–Crippen LogP) is 3.37. The van der Waals surface area contributed by atoms with Gasteiger partial charge in [0, 0.05) is 29.7 Å². The summed E-state index contributed by atoms with van der Waals surface area (Å²) in [6.07, 6.45) is 1.96. The molecule has 0 radical (unpaired) electrons. The third kappa shape index (κ3) is 6.15. The molecular weight excluding hydrogens is 316 g/mol. The van der Waals surface area contributed by atoms with E-state index in [-0.39, 0.29) is 11.4 Å². The summed E-state index contributed by atoms with van der Waals surface area (Å²) in [4.78, 5) is 20.7. The van der Waals surface area contributed by atoms with E-state index in [1.807, 2.05) is 51.1 Å². The number of benzene rings is 1. The molecule has 1 heterocycles.